The highest BCUT2D eigenvalue weighted by Gasteiger charge is 2.25. The van der Waals surface area contributed by atoms with Gasteiger partial charge in [-0.25, -0.2) is 18.2 Å². The van der Waals surface area contributed by atoms with Crippen molar-refractivity contribution >= 4 is 39.6 Å². The first-order chi connectivity index (χ1) is 11.2. The van der Waals surface area contributed by atoms with E-state index in [-0.39, 0.29) is 26.8 Å². The number of nitrogens with one attached hydrogen (secondary N) is 1. The van der Waals surface area contributed by atoms with Gasteiger partial charge in [0.1, 0.15) is 0 Å². The number of rotatable bonds is 4. The number of para-hydroxylation sites is 1. The van der Waals surface area contributed by atoms with Crippen molar-refractivity contribution in [3.05, 3.63) is 41.0 Å². The number of carbonyl (C=O) groups excluding carboxylic acids is 1. The van der Waals surface area contributed by atoms with Crippen LogP contribution in [0.2, 0.25) is 5.02 Å². The highest BCUT2D eigenvalue weighted by molar-refractivity contribution is 7.88. The molecule has 24 heavy (non-hydrogen) atoms. The minimum atomic E-state index is -5.19. The fraction of sp³-hybridized carbons (Fsp3) is 0.154. The number of anilines is 2. The molecule has 0 unspecified atom stereocenters. The van der Waals surface area contributed by atoms with Crippen LogP contribution in [-0.2, 0) is 10.3 Å². The lowest BCUT2D eigenvalue weighted by molar-refractivity contribution is 0.259. The summed E-state index contributed by atoms with van der Waals surface area (Å²) in [6.45, 7) is 1.62. The molecule has 1 aromatic heterocycles. The number of nitrogens with zero attached hydrogens (tertiary/aromatic N) is 3. The van der Waals surface area contributed by atoms with Gasteiger partial charge in [-0.3, -0.25) is 5.32 Å². The summed E-state index contributed by atoms with van der Waals surface area (Å²) in [6, 6.07) is 5.74. The maximum atomic E-state index is 12.3. The van der Waals surface area contributed by atoms with E-state index in [9.17, 15) is 17.8 Å². The molecule has 2 amide bonds. The van der Waals surface area contributed by atoms with E-state index in [1.165, 1.54) is 37.4 Å². The molecule has 128 valence electrons. The quantitative estimate of drug-likeness (QED) is 0.814. The summed E-state index contributed by atoms with van der Waals surface area (Å²) < 4.78 is 39.4. The molecule has 0 saturated heterocycles. The summed E-state index contributed by atoms with van der Waals surface area (Å²) in [6.07, 6.45) is 0. The van der Waals surface area contributed by atoms with Crippen molar-refractivity contribution in [2.45, 2.75) is 6.92 Å². The van der Waals surface area contributed by atoms with Crippen LogP contribution in [0.15, 0.2) is 30.3 Å². The lowest BCUT2D eigenvalue weighted by Crippen LogP contribution is -2.40. The van der Waals surface area contributed by atoms with E-state index in [1.54, 1.807) is 6.92 Å². The normalized spacial score (nSPS) is 11.0. The third-order valence-corrected chi connectivity index (χ3v) is 3.87. The molecule has 11 heteroatoms. The van der Waals surface area contributed by atoms with Gasteiger partial charge >= 0.3 is 6.03 Å². The average Bonchev–Trinajstić information content (AvgIpc) is 2.47. The summed E-state index contributed by atoms with van der Waals surface area (Å²) in [5, 5.41) is 2.05. The minimum Gasteiger partial charge on any atom is -0.730 e. The van der Waals surface area contributed by atoms with Crippen LogP contribution in [0.3, 0.4) is 0 Å². The average molecular weight is 372 g/mol. The van der Waals surface area contributed by atoms with Crippen LogP contribution in [0, 0.1) is 6.92 Å². The van der Waals surface area contributed by atoms with Gasteiger partial charge in [0.2, 0.25) is 11.8 Å². The highest BCUT2D eigenvalue weighted by atomic mass is 35.5. The van der Waals surface area contributed by atoms with Crippen LogP contribution in [0.5, 0.6) is 5.88 Å². The lowest BCUT2D eigenvalue weighted by atomic mass is 10.3. The second-order valence-electron chi connectivity index (χ2n) is 4.48. The van der Waals surface area contributed by atoms with Crippen LogP contribution in [0.4, 0.5) is 16.4 Å². The Labute approximate surface area is 143 Å². The van der Waals surface area contributed by atoms with E-state index in [0.717, 1.165) is 0 Å². The second-order valence-corrected chi connectivity index (χ2v) is 6.11. The zero-order valence-electron chi connectivity index (χ0n) is 12.6. The topological polar surface area (TPSA) is 125 Å². The number of hydrogen-bond donors (Lipinski definition) is 1. The van der Waals surface area contributed by atoms with E-state index < -0.39 is 16.3 Å². The van der Waals surface area contributed by atoms with Crippen molar-refractivity contribution in [2.75, 3.05) is 16.7 Å². The molecule has 0 bridgehead atoms. The fourth-order valence-corrected chi connectivity index (χ4v) is 2.71. The number of halogens is 1. The van der Waals surface area contributed by atoms with Crippen molar-refractivity contribution in [1.29, 1.82) is 0 Å². The summed E-state index contributed by atoms with van der Waals surface area (Å²) in [5.74, 6) is -0.0652. The van der Waals surface area contributed by atoms with Gasteiger partial charge in [0, 0.05) is 11.8 Å². The van der Waals surface area contributed by atoms with E-state index in [1.807, 2.05) is 0 Å². The van der Waals surface area contributed by atoms with Gasteiger partial charge in [0.05, 0.1) is 17.8 Å². The molecule has 0 atom stereocenters. The van der Waals surface area contributed by atoms with Crippen molar-refractivity contribution in [1.82, 2.24) is 9.97 Å². The third-order valence-electron chi connectivity index (χ3n) is 2.74. The van der Waals surface area contributed by atoms with Crippen LogP contribution in [-0.4, -0.2) is 36.1 Å². The number of urea groups is 1. The predicted molar refractivity (Wildman–Crippen MR) is 86.0 cm³/mol. The van der Waals surface area contributed by atoms with Crippen molar-refractivity contribution < 1.29 is 22.5 Å². The van der Waals surface area contributed by atoms with Crippen LogP contribution >= 0.6 is 11.6 Å². The molecule has 1 N–H and O–H groups in total. The number of aromatic nitrogens is 2. The van der Waals surface area contributed by atoms with Crippen molar-refractivity contribution in [2.24, 2.45) is 0 Å². The number of carbonyl (C=O) groups is 1. The SMILES string of the molecule is COc1cc(C)nc(NC(=O)N(c2ccccc2Cl)S(=O)(=O)[O-])n1. The van der Waals surface area contributed by atoms with Crippen molar-refractivity contribution in [3.8, 4) is 5.88 Å². The van der Waals surface area contributed by atoms with E-state index in [0.29, 0.717) is 5.69 Å². The Hall–Kier alpha value is -2.43. The van der Waals surface area contributed by atoms with Gasteiger partial charge in [-0.2, -0.15) is 9.29 Å². The Kier molecular flexibility index (Phi) is 5.22. The molecule has 9 nitrogen and oxygen atoms in total. The lowest BCUT2D eigenvalue weighted by Gasteiger charge is -2.25. The molecule has 2 rings (SSSR count). The molecule has 0 saturated carbocycles. The molecule has 0 aliphatic carbocycles. The van der Waals surface area contributed by atoms with E-state index in [2.05, 4.69) is 15.3 Å². The van der Waals surface area contributed by atoms with Crippen LogP contribution < -0.4 is 14.4 Å². The molecule has 1 aromatic carbocycles. The molecule has 2 aromatic rings. The maximum absolute atomic E-state index is 12.3. The van der Waals surface area contributed by atoms with E-state index >= 15 is 0 Å². The van der Waals surface area contributed by atoms with Gasteiger partial charge in [-0.15, -0.1) is 0 Å². The monoisotopic (exact) mass is 371 g/mol. The Balaban J connectivity index is 2.40. The standard InChI is InChI=1S/C13H13ClN4O5S/c1-8-7-11(23-2)16-12(15-8)17-13(19)18(24(20,21)22)10-6-4-3-5-9(10)14/h3-7H,1-2H3,(H,20,21,22)(H,15,16,17,19)/p-1. The first-order valence-corrected chi connectivity index (χ1v) is 8.18. The Morgan fingerprint density at radius 3 is 2.58 bits per heavy atom. The predicted octanol–water partition coefficient (Wildman–Crippen LogP) is 1.95. The molecule has 0 spiro atoms. The van der Waals surface area contributed by atoms with Gasteiger partial charge in [-0.05, 0) is 19.1 Å². The number of methoxy groups -OCH3 is 1. The summed E-state index contributed by atoms with van der Waals surface area (Å²) in [7, 11) is -3.82. The summed E-state index contributed by atoms with van der Waals surface area (Å²) >= 11 is 5.87. The molecule has 0 aliphatic heterocycles. The first-order valence-electron chi connectivity index (χ1n) is 6.43. The number of hydrogen-bond acceptors (Lipinski definition) is 7. The van der Waals surface area contributed by atoms with Gasteiger partial charge in [0.15, 0.2) is 10.3 Å². The summed E-state index contributed by atoms with van der Waals surface area (Å²) in [4.78, 5) is 20.1. The Bertz CT molecular complexity index is 874. The third kappa shape index (κ3) is 4.10. The number of amides is 2. The second kappa shape index (κ2) is 6.99. The minimum absolute atomic E-state index is 0.00645. The molecule has 0 aliphatic rings. The number of benzene rings is 1. The van der Waals surface area contributed by atoms with E-state index in [4.69, 9.17) is 16.3 Å². The fourth-order valence-electron chi connectivity index (χ4n) is 1.79. The van der Waals surface area contributed by atoms with Gasteiger partial charge in [-0.1, -0.05) is 23.7 Å². The van der Waals surface area contributed by atoms with Gasteiger partial charge < -0.3 is 9.29 Å². The van der Waals surface area contributed by atoms with Crippen LogP contribution in [0.1, 0.15) is 5.69 Å². The van der Waals surface area contributed by atoms with Crippen molar-refractivity contribution in [3.63, 3.8) is 0 Å². The van der Waals surface area contributed by atoms with Gasteiger partial charge in [0.25, 0.3) is 0 Å². The molecule has 0 fully saturated rings. The summed E-state index contributed by atoms with van der Waals surface area (Å²) in [5.41, 5.74) is 0.178. The molecule has 0 radical (unpaired) electrons. The highest BCUT2D eigenvalue weighted by Crippen LogP contribution is 2.27. The smallest absolute Gasteiger partial charge is 0.341 e. The Morgan fingerprint density at radius 2 is 2.00 bits per heavy atom. The maximum Gasteiger partial charge on any atom is 0.341 e. The zero-order chi connectivity index (χ0) is 17.9. The number of aryl methyl sites for hydroxylation is 1. The molecule has 1 heterocycles. The zero-order valence-corrected chi connectivity index (χ0v) is 14.1. The number of ether oxygens (including phenoxy) is 1. The largest absolute Gasteiger partial charge is 0.730 e. The Morgan fingerprint density at radius 1 is 1.33 bits per heavy atom. The first kappa shape index (κ1) is 17.9. The van der Waals surface area contributed by atoms with Crippen LogP contribution in [0.25, 0.3) is 0 Å². The molecular weight excluding hydrogens is 360 g/mol. The molecular formula is C13H12ClN4O5S-.